The highest BCUT2D eigenvalue weighted by atomic mass is 16.3. The van der Waals surface area contributed by atoms with Crippen LogP contribution in [0.25, 0.3) is 0 Å². The number of likely N-dealkylation sites (tertiary alicyclic amines) is 1. The maximum absolute atomic E-state index is 12.0. The molecule has 1 atom stereocenters. The third-order valence-electron chi connectivity index (χ3n) is 3.20. The Bertz CT molecular complexity index is 414. The van der Waals surface area contributed by atoms with E-state index in [1.54, 1.807) is 17.2 Å². The van der Waals surface area contributed by atoms with Gasteiger partial charge in [0.05, 0.1) is 12.8 Å². The summed E-state index contributed by atoms with van der Waals surface area (Å²) in [5.74, 6) is 0.672. The second kappa shape index (κ2) is 5.71. The van der Waals surface area contributed by atoms with Crippen molar-refractivity contribution in [1.82, 2.24) is 10.2 Å². The molecule has 18 heavy (non-hydrogen) atoms. The van der Waals surface area contributed by atoms with Crippen molar-refractivity contribution in [3.63, 3.8) is 0 Å². The number of rotatable bonds is 4. The van der Waals surface area contributed by atoms with Crippen molar-refractivity contribution in [2.75, 3.05) is 6.54 Å². The summed E-state index contributed by atoms with van der Waals surface area (Å²) in [6, 6.07) is 3.28. The van der Waals surface area contributed by atoms with Gasteiger partial charge in [-0.1, -0.05) is 6.92 Å². The molecule has 0 spiro atoms. The fourth-order valence-corrected chi connectivity index (χ4v) is 2.25. The lowest BCUT2D eigenvalue weighted by molar-refractivity contribution is -0.138. The van der Waals surface area contributed by atoms with Crippen LogP contribution in [-0.4, -0.2) is 29.3 Å². The lowest BCUT2D eigenvalue weighted by Gasteiger charge is -2.23. The molecule has 1 aliphatic rings. The van der Waals surface area contributed by atoms with Crippen LogP contribution >= 0.6 is 0 Å². The first-order valence-electron chi connectivity index (χ1n) is 6.32. The van der Waals surface area contributed by atoms with E-state index in [4.69, 9.17) is 4.42 Å². The van der Waals surface area contributed by atoms with E-state index in [1.807, 2.05) is 13.0 Å². The fourth-order valence-electron chi connectivity index (χ4n) is 2.25. The fraction of sp³-hybridized carbons (Fsp3) is 0.538. The van der Waals surface area contributed by atoms with Crippen LogP contribution in [0.15, 0.2) is 22.8 Å². The lowest BCUT2D eigenvalue weighted by Crippen LogP contribution is -2.45. The van der Waals surface area contributed by atoms with Crippen molar-refractivity contribution in [2.45, 2.75) is 38.8 Å². The number of furan rings is 1. The molecule has 0 aromatic carbocycles. The highest BCUT2D eigenvalue weighted by Crippen LogP contribution is 2.18. The van der Waals surface area contributed by atoms with Crippen LogP contribution in [0.1, 0.15) is 31.9 Å². The molecule has 0 aliphatic carbocycles. The monoisotopic (exact) mass is 250 g/mol. The van der Waals surface area contributed by atoms with Gasteiger partial charge in [-0.15, -0.1) is 0 Å². The largest absolute Gasteiger partial charge is 0.467 e. The van der Waals surface area contributed by atoms with Crippen LogP contribution in [0.5, 0.6) is 0 Å². The van der Waals surface area contributed by atoms with Crippen LogP contribution in [0.4, 0.5) is 0 Å². The molecule has 98 valence electrons. The molecule has 2 amide bonds. The highest BCUT2D eigenvalue weighted by Gasteiger charge is 2.32. The number of hydrogen-bond donors (Lipinski definition) is 1. The van der Waals surface area contributed by atoms with E-state index in [0.717, 1.165) is 18.6 Å². The highest BCUT2D eigenvalue weighted by molar-refractivity contribution is 5.88. The van der Waals surface area contributed by atoms with Crippen molar-refractivity contribution in [1.29, 1.82) is 0 Å². The van der Waals surface area contributed by atoms with E-state index >= 15 is 0 Å². The summed E-state index contributed by atoms with van der Waals surface area (Å²) in [6.07, 6.45) is 3.66. The van der Waals surface area contributed by atoms with E-state index in [2.05, 4.69) is 5.32 Å². The summed E-state index contributed by atoms with van der Waals surface area (Å²) in [7, 11) is 0. The van der Waals surface area contributed by atoms with Gasteiger partial charge in [-0.25, -0.2) is 0 Å². The van der Waals surface area contributed by atoms with Crippen molar-refractivity contribution in [2.24, 2.45) is 0 Å². The van der Waals surface area contributed by atoms with E-state index in [1.165, 1.54) is 0 Å². The molecular formula is C13H18N2O3. The van der Waals surface area contributed by atoms with Gasteiger partial charge in [0.15, 0.2) is 0 Å². The van der Waals surface area contributed by atoms with Crippen LogP contribution in [0.3, 0.4) is 0 Å². The Hall–Kier alpha value is -1.78. The number of amides is 2. The molecule has 1 aromatic rings. The number of carbonyl (C=O) groups excluding carboxylic acids is 2. The molecule has 1 aromatic heterocycles. The molecule has 1 aliphatic heterocycles. The van der Waals surface area contributed by atoms with Gasteiger partial charge >= 0.3 is 0 Å². The summed E-state index contributed by atoms with van der Waals surface area (Å²) in [4.78, 5) is 25.4. The van der Waals surface area contributed by atoms with Gasteiger partial charge < -0.3 is 14.6 Å². The topological polar surface area (TPSA) is 62.6 Å². The normalized spacial score (nSPS) is 18.9. The predicted molar refractivity (Wildman–Crippen MR) is 65.6 cm³/mol. The molecule has 5 nitrogen and oxygen atoms in total. The van der Waals surface area contributed by atoms with Gasteiger partial charge in [0.1, 0.15) is 11.8 Å². The molecular weight excluding hydrogens is 232 g/mol. The zero-order valence-corrected chi connectivity index (χ0v) is 10.5. The number of carbonyl (C=O) groups is 2. The summed E-state index contributed by atoms with van der Waals surface area (Å²) in [5.41, 5.74) is 0. The standard InChI is InChI=1S/C13H18N2O3/c1-2-12(16)15-7-3-6-11(15)13(17)14-9-10-5-4-8-18-10/h4-5,8,11H,2-3,6-7,9H2,1H3,(H,14,17). The minimum Gasteiger partial charge on any atom is -0.467 e. The van der Waals surface area contributed by atoms with Gasteiger partial charge in [-0.05, 0) is 25.0 Å². The maximum Gasteiger partial charge on any atom is 0.243 e. The number of hydrogen-bond acceptors (Lipinski definition) is 3. The van der Waals surface area contributed by atoms with Crippen LogP contribution < -0.4 is 5.32 Å². The van der Waals surface area contributed by atoms with Crippen molar-refractivity contribution in [3.05, 3.63) is 24.2 Å². The van der Waals surface area contributed by atoms with Crippen molar-refractivity contribution in [3.8, 4) is 0 Å². The SMILES string of the molecule is CCC(=O)N1CCCC1C(=O)NCc1ccco1. The Morgan fingerprint density at radius 3 is 3.06 bits per heavy atom. The first kappa shape index (κ1) is 12.7. The van der Waals surface area contributed by atoms with E-state index < -0.39 is 0 Å². The predicted octanol–water partition coefficient (Wildman–Crippen LogP) is 1.30. The molecule has 2 heterocycles. The van der Waals surface area contributed by atoms with Gasteiger partial charge in [0.25, 0.3) is 0 Å². The van der Waals surface area contributed by atoms with E-state index in [-0.39, 0.29) is 17.9 Å². The average Bonchev–Trinajstić information content (AvgIpc) is 3.05. The third kappa shape index (κ3) is 2.72. The molecule has 1 unspecified atom stereocenters. The number of nitrogens with one attached hydrogen (secondary N) is 1. The number of nitrogens with zero attached hydrogens (tertiary/aromatic N) is 1. The van der Waals surface area contributed by atoms with Crippen LogP contribution in [0, 0.1) is 0 Å². The third-order valence-corrected chi connectivity index (χ3v) is 3.20. The van der Waals surface area contributed by atoms with Gasteiger partial charge in [0.2, 0.25) is 11.8 Å². The zero-order chi connectivity index (χ0) is 13.0. The van der Waals surface area contributed by atoms with Crippen molar-refractivity contribution >= 4 is 11.8 Å². The summed E-state index contributed by atoms with van der Waals surface area (Å²) >= 11 is 0. The van der Waals surface area contributed by atoms with Crippen molar-refractivity contribution < 1.29 is 14.0 Å². The minimum atomic E-state index is -0.313. The lowest BCUT2D eigenvalue weighted by atomic mass is 10.2. The molecule has 0 saturated carbocycles. The quantitative estimate of drug-likeness (QED) is 0.876. The summed E-state index contributed by atoms with van der Waals surface area (Å²) < 4.78 is 5.15. The molecule has 5 heteroatoms. The molecule has 1 N–H and O–H groups in total. The summed E-state index contributed by atoms with van der Waals surface area (Å²) in [5, 5.41) is 2.81. The maximum atomic E-state index is 12.0. The van der Waals surface area contributed by atoms with Crippen LogP contribution in [0.2, 0.25) is 0 Å². The Labute approximate surface area is 106 Å². The first-order chi connectivity index (χ1) is 8.72. The first-order valence-corrected chi connectivity index (χ1v) is 6.32. The smallest absolute Gasteiger partial charge is 0.243 e. The molecule has 0 bridgehead atoms. The Morgan fingerprint density at radius 2 is 2.39 bits per heavy atom. The second-order valence-electron chi connectivity index (χ2n) is 4.40. The molecule has 1 fully saturated rings. The van der Waals surface area contributed by atoms with E-state index in [9.17, 15) is 9.59 Å². The molecule has 2 rings (SSSR count). The van der Waals surface area contributed by atoms with Gasteiger partial charge in [-0.3, -0.25) is 9.59 Å². The zero-order valence-electron chi connectivity index (χ0n) is 10.5. The van der Waals surface area contributed by atoms with Gasteiger partial charge in [0, 0.05) is 13.0 Å². The van der Waals surface area contributed by atoms with Gasteiger partial charge in [-0.2, -0.15) is 0 Å². The Balaban J connectivity index is 1.89. The Morgan fingerprint density at radius 1 is 1.56 bits per heavy atom. The molecule has 1 saturated heterocycles. The summed E-state index contributed by atoms with van der Waals surface area (Å²) in [6.45, 7) is 2.88. The molecule has 0 radical (unpaired) electrons. The van der Waals surface area contributed by atoms with Crippen LogP contribution in [-0.2, 0) is 16.1 Å². The second-order valence-corrected chi connectivity index (χ2v) is 4.40. The van der Waals surface area contributed by atoms with E-state index in [0.29, 0.717) is 19.5 Å². The Kier molecular flexibility index (Phi) is 4.02. The minimum absolute atomic E-state index is 0.0469. The average molecular weight is 250 g/mol.